The molecule has 0 atom stereocenters. The first-order valence-electron chi connectivity index (χ1n) is 5.60. The first kappa shape index (κ1) is 14.0. The highest BCUT2D eigenvalue weighted by Gasteiger charge is 2.18. The maximum absolute atomic E-state index is 11.1. The van der Waals surface area contributed by atoms with E-state index in [1.165, 1.54) is 6.07 Å². The summed E-state index contributed by atoms with van der Waals surface area (Å²) in [6.45, 7) is 3.99. The van der Waals surface area contributed by atoms with Crippen LogP contribution in [0.25, 0.3) is 0 Å². The molecule has 1 aromatic carbocycles. The quantitative estimate of drug-likeness (QED) is 0.602. The smallest absolute Gasteiger partial charge is 0.311 e. The minimum absolute atomic E-state index is 0.0214. The Kier molecular flexibility index (Phi) is 4.21. The first-order chi connectivity index (χ1) is 8.97. The zero-order valence-corrected chi connectivity index (χ0v) is 12.9. The highest BCUT2D eigenvalue weighted by Crippen LogP contribution is 2.33. The van der Waals surface area contributed by atoms with E-state index in [9.17, 15) is 10.1 Å². The number of ether oxygens (including phenoxy) is 1. The third kappa shape index (κ3) is 3.33. The molecule has 0 fully saturated rings. The molecule has 2 aromatic rings. The molecule has 1 aromatic heterocycles. The number of hydrogen-bond donors (Lipinski definition) is 0. The molecular weight excluding hydrogens is 330 g/mol. The Morgan fingerprint density at radius 3 is 2.68 bits per heavy atom. The van der Waals surface area contributed by atoms with Crippen LogP contribution in [-0.2, 0) is 6.61 Å². The molecule has 0 radical (unpaired) electrons. The van der Waals surface area contributed by atoms with Crippen molar-refractivity contribution in [2.24, 2.45) is 0 Å². The van der Waals surface area contributed by atoms with Gasteiger partial charge in [-0.2, -0.15) is 0 Å². The monoisotopic (exact) mass is 341 g/mol. The number of nitro benzene ring substituents is 1. The van der Waals surface area contributed by atoms with Crippen LogP contribution in [0.3, 0.4) is 0 Å². The fourth-order valence-corrected chi connectivity index (χ4v) is 3.22. The van der Waals surface area contributed by atoms with Crippen LogP contribution in [0.1, 0.15) is 16.0 Å². The van der Waals surface area contributed by atoms with Gasteiger partial charge in [0.2, 0.25) is 0 Å². The topological polar surface area (TPSA) is 52.4 Å². The van der Waals surface area contributed by atoms with Gasteiger partial charge in [-0.3, -0.25) is 10.1 Å². The molecule has 0 unspecified atom stereocenters. The van der Waals surface area contributed by atoms with Gasteiger partial charge in [0.15, 0.2) is 5.75 Å². The van der Waals surface area contributed by atoms with E-state index in [-0.39, 0.29) is 5.69 Å². The van der Waals surface area contributed by atoms with Crippen molar-refractivity contribution in [3.63, 3.8) is 0 Å². The molecule has 0 spiro atoms. The van der Waals surface area contributed by atoms with Crippen molar-refractivity contribution < 1.29 is 9.66 Å². The molecule has 1 heterocycles. The zero-order valence-electron chi connectivity index (χ0n) is 10.5. The second-order valence-electron chi connectivity index (χ2n) is 4.18. The average Bonchev–Trinajstić information content (AvgIpc) is 2.73. The van der Waals surface area contributed by atoms with Crippen LogP contribution in [0.4, 0.5) is 5.69 Å². The molecule has 0 aliphatic rings. The Balaban J connectivity index is 2.26. The Hall–Kier alpha value is -1.40. The second-order valence-corrected chi connectivity index (χ2v) is 6.73. The number of nitrogens with zero attached hydrogens (tertiary/aromatic N) is 1. The summed E-state index contributed by atoms with van der Waals surface area (Å²) < 4.78 is 6.65. The van der Waals surface area contributed by atoms with Crippen LogP contribution in [0.5, 0.6) is 5.75 Å². The normalized spacial score (nSPS) is 10.5. The minimum atomic E-state index is -0.403. The van der Waals surface area contributed by atoms with Crippen LogP contribution in [0, 0.1) is 24.0 Å². The number of aryl methyl sites for hydroxylation is 2. The Bertz CT molecular complexity index is 624. The van der Waals surface area contributed by atoms with Gasteiger partial charge in [0.05, 0.1) is 8.71 Å². The molecule has 0 amide bonds. The summed E-state index contributed by atoms with van der Waals surface area (Å²) in [7, 11) is 0. The lowest BCUT2D eigenvalue weighted by Gasteiger charge is -2.09. The molecule has 0 aliphatic carbocycles. The van der Waals surface area contributed by atoms with Gasteiger partial charge in [0.25, 0.3) is 0 Å². The molecule has 2 rings (SSSR count). The van der Waals surface area contributed by atoms with Crippen molar-refractivity contribution in [2.75, 3.05) is 0 Å². The molecule has 0 saturated heterocycles. The predicted octanol–water partition coefficient (Wildman–Crippen LogP) is 4.61. The highest BCUT2D eigenvalue weighted by atomic mass is 79.9. The zero-order chi connectivity index (χ0) is 14.0. The number of rotatable bonds is 4. The van der Waals surface area contributed by atoms with Gasteiger partial charge in [-0.1, -0.05) is 6.07 Å². The maximum Gasteiger partial charge on any atom is 0.311 e. The van der Waals surface area contributed by atoms with E-state index < -0.39 is 4.92 Å². The van der Waals surface area contributed by atoms with Gasteiger partial charge in [-0.25, -0.2) is 0 Å². The lowest BCUT2D eigenvalue weighted by atomic mass is 10.1. The van der Waals surface area contributed by atoms with Crippen LogP contribution in [-0.4, -0.2) is 4.92 Å². The maximum atomic E-state index is 11.1. The number of halogens is 1. The van der Waals surface area contributed by atoms with Crippen molar-refractivity contribution in [1.82, 2.24) is 0 Å². The number of nitro groups is 1. The summed E-state index contributed by atoms with van der Waals surface area (Å²) in [6, 6.07) is 7.28. The van der Waals surface area contributed by atoms with Crippen molar-refractivity contribution in [1.29, 1.82) is 0 Å². The molecule has 0 saturated carbocycles. The SMILES string of the molecule is Cc1cc(C)c(OCc2ccc(Br)s2)c([N+](=O)[O-])c1. The third-order valence-electron chi connectivity index (χ3n) is 2.58. The summed E-state index contributed by atoms with van der Waals surface area (Å²) in [5, 5.41) is 11.1. The standard InChI is InChI=1S/C13H12BrNO3S/c1-8-5-9(2)13(11(6-8)15(16)17)18-7-10-3-4-12(14)19-10/h3-6H,7H2,1-2H3. The van der Waals surface area contributed by atoms with E-state index in [0.717, 1.165) is 19.8 Å². The predicted molar refractivity (Wildman–Crippen MR) is 78.9 cm³/mol. The van der Waals surface area contributed by atoms with E-state index >= 15 is 0 Å². The summed E-state index contributed by atoms with van der Waals surface area (Å²) in [6.07, 6.45) is 0. The fraction of sp³-hybridized carbons (Fsp3) is 0.231. The van der Waals surface area contributed by atoms with Gasteiger partial charge in [-0.05, 0) is 53.0 Å². The van der Waals surface area contributed by atoms with Crippen molar-refractivity contribution in [2.45, 2.75) is 20.5 Å². The van der Waals surface area contributed by atoms with Crippen LogP contribution in [0.15, 0.2) is 28.1 Å². The van der Waals surface area contributed by atoms with Gasteiger partial charge in [-0.15, -0.1) is 11.3 Å². The van der Waals surface area contributed by atoms with Crippen LogP contribution >= 0.6 is 27.3 Å². The summed E-state index contributed by atoms with van der Waals surface area (Å²) in [5.74, 6) is 0.347. The molecule has 0 bridgehead atoms. The Morgan fingerprint density at radius 1 is 1.37 bits per heavy atom. The van der Waals surface area contributed by atoms with Gasteiger partial charge in [0.1, 0.15) is 6.61 Å². The van der Waals surface area contributed by atoms with E-state index in [1.54, 1.807) is 11.3 Å². The summed E-state index contributed by atoms with van der Waals surface area (Å²) >= 11 is 4.93. The van der Waals surface area contributed by atoms with Crippen molar-refractivity contribution in [3.05, 3.63) is 54.2 Å². The van der Waals surface area contributed by atoms with E-state index in [4.69, 9.17) is 4.74 Å². The number of thiophene rings is 1. The van der Waals surface area contributed by atoms with E-state index in [0.29, 0.717) is 12.4 Å². The Morgan fingerprint density at radius 2 is 2.11 bits per heavy atom. The third-order valence-corrected chi connectivity index (χ3v) is 4.18. The lowest BCUT2D eigenvalue weighted by molar-refractivity contribution is -0.386. The molecule has 6 heteroatoms. The molecular formula is C13H12BrNO3S. The molecule has 100 valence electrons. The minimum Gasteiger partial charge on any atom is -0.481 e. The average molecular weight is 342 g/mol. The lowest BCUT2D eigenvalue weighted by Crippen LogP contribution is -2.00. The van der Waals surface area contributed by atoms with Gasteiger partial charge < -0.3 is 4.74 Å². The van der Waals surface area contributed by atoms with Crippen molar-refractivity contribution in [3.8, 4) is 5.75 Å². The Labute approximate surface area is 123 Å². The van der Waals surface area contributed by atoms with Gasteiger partial charge in [0, 0.05) is 10.9 Å². The summed E-state index contributed by atoms with van der Waals surface area (Å²) in [5.41, 5.74) is 1.66. The van der Waals surface area contributed by atoms with Crippen molar-refractivity contribution >= 4 is 33.0 Å². The molecule has 4 nitrogen and oxygen atoms in total. The second kappa shape index (κ2) is 5.71. The molecule has 19 heavy (non-hydrogen) atoms. The van der Waals surface area contributed by atoms with Crippen LogP contribution in [0.2, 0.25) is 0 Å². The van der Waals surface area contributed by atoms with E-state index in [2.05, 4.69) is 15.9 Å². The molecule has 0 aliphatic heterocycles. The highest BCUT2D eigenvalue weighted by molar-refractivity contribution is 9.11. The van der Waals surface area contributed by atoms with Gasteiger partial charge >= 0.3 is 5.69 Å². The summed E-state index contributed by atoms with van der Waals surface area (Å²) in [4.78, 5) is 11.7. The fourth-order valence-electron chi connectivity index (χ4n) is 1.83. The first-order valence-corrected chi connectivity index (χ1v) is 7.21. The molecule has 0 N–H and O–H groups in total. The van der Waals surface area contributed by atoms with Crippen LogP contribution < -0.4 is 4.74 Å². The van der Waals surface area contributed by atoms with E-state index in [1.807, 2.05) is 32.0 Å². The number of benzene rings is 1. The number of hydrogen-bond acceptors (Lipinski definition) is 4. The largest absolute Gasteiger partial charge is 0.481 e.